The maximum atomic E-state index is 12.2. The molecule has 1 aliphatic heterocycles. The van der Waals surface area contributed by atoms with Crippen molar-refractivity contribution in [2.75, 3.05) is 12.3 Å². The van der Waals surface area contributed by atoms with E-state index in [0.29, 0.717) is 22.9 Å². The van der Waals surface area contributed by atoms with Gasteiger partial charge < -0.3 is 0 Å². The van der Waals surface area contributed by atoms with Crippen LogP contribution in [0.2, 0.25) is 0 Å². The predicted molar refractivity (Wildman–Crippen MR) is 76.6 cm³/mol. The molecule has 1 aromatic rings. The summed E-state index contributed by atoms with van der Waals surface area (Å²) in [5.74, 6) is 1.11. The smallest absolute Gasteiger partial charge is 0.210 e. The predicted octanol–water partition coefficient (Wildman–Crippen LogP) is 2.04. The number of nitrogens with one attached hydrogen (secondary N) is 1. The summed E-state index contributed by atoms with van der Waals surface area (Å²) in [7, 11) is -3.53. The summed E-state index contributed by atoms with van der Waals surface area (Å²) in [4.78, 5) is 0.203. The third kappa shape index (κ3) is 3.50. The first-order valence-electron chi connectivity index (χ1n) is 6.15. The lowest BCUT2D eigenvalue weighted by atomic mass is 10.2. The second-order valence-electron chi connectivity index (χ2n) is 4.58. The van der Waals surface area contributed by atoms with Crippen LogP contribution in [0, 0.1) is 18.3 Å². The van der Waals surface area contributed by atoms with Gasteiger partial charge in [-0.15, -0.1) is 0 Å². The van der Waals surface area contributed by atoms with E-state index in [0.717, 1.165) is 18.6 Å². The van der Waals surface area contributed by atoms with Gasteiger partial charge in [-0.2, -0.15) is 17.0 Å². The lowest BCUT2D eigenvalue weighted by Gasteiger charge is -2.12. The highest BCUT2D eigenvalue weighted by atomic mass is 32.2. The quantitative estimate of drug-likeness (QED) is 0.923. The van der Waals surface area contributed by atoms with Gasteiger partial charge in [0, 0.05) is 11.8 Å². The standard InChI is InChI=1S/C13H16N2O2S2/c1-10-4-5-11(8-14)7-13(10)19(16,17)15-9-12-3-2-6-18-12/h4-5,7,12,15H,2-3,6,9H2,1H3. The fourth-order valence-corrected chi connectivity index (χ4v) is 4.70. The fraction of sp³-hybridized carbons (Fsp3) is 0.462. The summed E-state index contributed by atoms with van der Waals surface area (Å²) in [6, 6.07) is 6.69. The van der Waals surface area contributed by atoms with Crippen LogP contribution in [0.1, 0.15) is 24.0 Å². The van der Waals surface area contributed by atoms with E-state index in [-0.39, 0.29) is 4.90 Å². The molecule has 2 rings (SSSR count). The summed E-state index contributed by atoms with van der Waals surface area (Å²) in [5, 5.41) is 9.22. The highest BCUT2D eigenvalue weighted by Crippen LogP contribution is 2.26. The van der Waals surface area contributed by atoms with Gasteiger partial charge in [0.2, 0.25) is 10.0 Å². The van der Waals surface area contributed by atoms with E-state index in [1.165, 1.54) is 6.07 Å². The number of rotatable bonds is 4. The van der Waals surface area contributed by atoms with Crippen molar-refractivity contribution in [3.8, 4) is 6.07 Å². The summed E-state index contributed by atoms with van der Waals surface area (Å²) >= 11 is 1.81. The number of hydrogen-bond donors (Lipinski definition) is 1. The zero-order valence-corrected chi connectivity index (χ0v) is 12.4. The largest absolute Gasteiger partial charge is 0.240 e. The van der Waals surface area contributed by atoms with Gasteiger partial charge in [0.05, 0.1) is 16.5 Å². The second-order valence-corrected chi connectivity index (χ2v) is 7.72. The summed E-state index contributed by atoms with van der Waals surface area (Å²) in [6.45, 7) is 2.20. The minimum atomic E-state index is -3.53. The van der Waals surface area contributed by atoms with Crippen molar-refractivity contribution in [2.24, 2.45) is 0 Å². The molecule has 1 saturated heterocycles. The SMILES string of the molecule is Cc1ccc(C#N)cc1S(=O)(=O)NCC1CCCS1. The maximum Gasteiger partial charge on any atom is 0.240 e. The second kappa shape index (κ2) is 5.95. The highest BCUT2D eigenvalue weighted by molar-refractivity contribution is 8.00. The Morgan fingerprint density at radius 1 is 1.53 bits per heavy atom. The van der Waals surface area contributed by atoms with Gasteiger partial charge >= 0.3 is 0 Å². The summed E-state index contributed by atoms with van der Waals surface area (Å²) in [6.07, 6.45) is 2.21. The van der Waals surface area contributed by atoms with Crippen molar-refractivity contribution in [2.45, 2.75) is 29.9 Å². The Morgan fingerprint density at radius 3 is 2.95 bits per heavy atom. The van der Waals surface area contributed by atoms with Crippen LogP contribution < -0.4 is 4.72 Å². The van der Waals surface area contributed by atoms with E-state index < -0.39 is 10.0 Å². The molecule has 0 amide bonds. The van der Waals surface area contributed by atoms with Crippen LogP contribution in [0.25, 0.3) is 0 Å². The Labute approximate surface area is 118 Å². The zero-order valence-electron chi connectivity index (χ0n) is 10.7. The van der Waals surface area contributed by atoms with E-state index in [1.807, 2.05) is 17.8 Å². The van der Waals surface area contributed by atoms with Crippen LogP contribution in [-0.2, 0) is 10.0 Å². The number of sulfonamides is 1. The van der Waals surface area contributed by atoms with Crippen LogP contribution >= 0.6 is 11.8 Å². The first-order valence-corrected chi connectivity index (χ1v) is 8.68. The molecule has 0 bridgehead atoms. The van der Waals surface area contributed by atoms with Gasteiger partial charge in [0.1, 0.15) is 0 Å². The van der Waals surface area contributed by atoms with E-state index in [1.54, 1.807) is 19.1 Å². The number of benzene rings is 1. The molecule has 0 spiro atoms. The highest BCUT2D eigenvalue weighted by Gasteiger charge is 2.21. The van der Waals surface area contributed by atoms with Gasteiger partial charge in [-0.05, 0) is 43.2 Å². The third-order valence-corrected chi connectivity index (χ3v) is 6.10. The molecule has 0 radical (unpaired) electrons. The van der Waals surface area contributed by atoms with Crippen molar-refractivity contribution in [3.05, 3.63) is 29.3 Å². The average molecular weight is 296 g/mol. The first kappa shape index (κ1) is 14.4. The minimum Gasteiger partial charge on any atom is -0.210 e. The number of hydrogen-bond acceptors (Lipinski definition) is 4. The third-order valence-electron chi connectivity index (χ3n) is 3.13. The van der Waals surface area contributed by atoms with E-state index in [4.69, 9.17) is 5.26 Å². The van der Waals surface area contributed by atoms with Gasteiger partial charge in [-0.1, -0.05) is 6.07 Å². The van der Waals surface area contributed by atoms with Gasteiger partial charge in [0.25, 0.3) is 0 Å². The Kier molecular flexibility index (Phi) is 4.50. The Bertz CT molecular complexity index is 600. The first-order chi connectivity index (χ1) is 9.03. The molecular weight excluding hydrogens is 280 g/mol. The minimum absolute atomic E-state index is 0.203. The molecular formula is C13H16N2O2S2. The molecule has 0 aromatic heterocycles. The summed E-state index contributed by atoms with van der Waals surface area (Å²) < 4.78 is 27.1. The average Bonchev–Trinajstić information content (AvgIpc) is 2.90. The van der Waals surface area contributed by atoms with Crippen molar-refractivity contribution < 1.29 is 8.42 Å². The lowest BCUT2D eigenvalue weighted by Crippen LogP contribution is -2.30. The Morgan fingerprint density at radius 2 is 2.32 bits per heavy atom. The van der Waals surface area contributed by atoms with Gasteiger partial charge in [-0.25, -0.2) is 13.1 Å². The van der Waals surface area contributed by atoms with E-state index >= 15 is 0 Å². The molecule has 1 fully saturated rings. The van der Waals surface area contributed by atoms with Gasteiger partial charge in [-0.3, -0.25) is 0 Å². The molecule has 1 aromatic carbocycles. The van der Waals surface area contributed by atoms with Crippen LogP contribution in [0.4, 0.5) is 0 Å². The number of nitrogens with zero attached hydrogens (tertiary/aromatic N) is 1. The van der Waals surface area contributed by atoms with Crippen LogP contribution in [0.3, 0.4) is 0 Å². The van der Waals surface area contributed by atoms with Crippen LogP contribution in [0.5, 0.6) is 0 Å². The number of nitriles is 1. The normalized spacial score (nSPS) is 19.3. The number of thioether (sulfide) groups is 1. The molecule has 1 heterocycles. The zero-order chi connectivity index (χ0) is 13.9. The molecule has 6 heteroatoms. The molecule has 4 nitrogen and oxygen atoms in total. The Balaban J connectivity index is 2.16. The summed E-state index contributed by atoms with van der Waals surface area (Å²) in [5.41, 5.74) is 1.02. The van der Waals surface area contributed by atoms with Crippen molar-refractivity contribution in [1.29, 1.82) is 5.26 Å². The maximum absolute atomic E-state index is 12.2. The molecule has 1 N–H and O–H groups in total. The van der Waals surface area contributed by atoms with E-state index in [2.05, 4.69) is 4.72 Å². The van der Waals surface area contributed by atoms with Crippen LogP contribution in [0.15, 0.2) is 23.1 Å². The lowest BCUT2D eigenvalue weighted by molar-refractivity contribution is 0.578. The molecule has 102 valence electrons. The van der Waals surface area contributed by atoms with Gasteiger partial charge in [0.15, 0.2) is 0 Å². The van der Waals surface area contributed by atoms with Crippen molar-refractivity contribution in [1.82, 2.24) is 4.72 Å². The fourth-order valence-electron chi connectivity index (χ4n) is 2.04. The van der Waals surface area contributed by atoms with Crippen molar-refractivity contribution >= 4 is 21.8 Å². The topological polar surface area (TPSA) is 70.0 Å². The van der Waals surface area contributed by atoms with Crippen LogP contribution in [-0.4, -0.2) is 26.0 Å². The molecule has 0 aliphatic carbocycles. The molecule has 19 heavy (non-hydrogen) atoms. The molecule has 0 saturated carbocycles. The molecule has 1 atom stereocenters. The Hall–Kier alpha value is -1.03. The van der Waals surface area contributed by atoms with E-state index in [9.17, 15) is 8.42 Å². The monoisotopic (exact) mass is 296 g/mol. The molecule has 1 aliphatic rings. The van der Waals surface area contributed by atoms with Crippen molar-refractivity contribution in [3.63, 3.8) is 0 Å². The molecule has 1 unspecified atom stereocenters. The number of aryl methyl sites for hydroxylation is 1.